The summed E-state index contributed by atoms with van der Waals surface area (Å²) in [5.41, 5.74) is 0. The van der Waals surface area contributed by atoms with Gasteiger partial charge in [-0.2, -0.15) is 4.31 Å². The molecule has 2 aromatic heterocycles. The number of sulfonamides is 1. The minimum absolute atomic E-state index is 0.174. The molecule has 1 saturated heterocycles. The number of furan rings is 1. The lowest BCUT2D eigenvalue weighted by Gasteiger charge is -2.30. The van der Waals surface area contributed by atoms with Crippen LogP contribution in [0.25, 0.3) is 0 Å². The molecule has 0 aromatic carbocycles. The highest BCUT2D eigenvalue weighted by atomic mass is 35.5. The lowest BCUT2D eigenvalue weighted by atomic mass is 10.3. The summed E-state index contributed by atoms with van der Waals surface area (Å²) in [5, 5.41) is 0. The third kappa shape index (κ3) is 4.06. The van der Waals surface area contributed by atoms with Crippen LogP contribution in [0.5, 0.6) is 0 Å². The zero-order valence-corrected chi connectivity index (χ0v) is 15.9. The summed E-state index contributed by atoms with van der Waals surface area (Å²) >= 11 is 6.91. The Hall–Kier alpha value is -1.39. The summed E-state index contributed by atoms with van der Waals surface area (Å²) in [6.07, 6.45) is 0. The molecule has 0 aliphatic carbocycles. The number of hydrogen-bond acceptors (Lipinski definition) is 6. The van der Waals surface area contributed by atoms with Gasteiger partial charge >= 0.3 is 5.97 Å². The highest BCUT2D eigenvalue weighted by Gasteiger charge is 2.31. The number of esters is 1. The minimum atomic E-state index is -3.48. The molecule has 10 heteroatoms. The Kier molecular flexibility index (Phi) is 5.49. The third-order valence-electron chi connectivity index (χ3n) is 4.04. The van der Waals surface area contributed by atoms with Crippen molar-refractivity contribution in [3.05, 3.63) is 40.1 Å². The Bertz CT molecular complexity index is 853. The zero-order chi connectivity index (χ0) is 18.0. The summed E-state index contributed by atoms with van der Waals surface area (Å²) in [6.45, 7) is 2.77. The summed E-state index contributed by atoms with van der Waals surface area (Å²) in [6, 6.07) is 6.47. The smallest absolute Gasteiger partial charge is 0.373 e. The molecule has 2 aromatic rings. The Morgan fingerprint density at radius 1 is 1.32 bits per heavy atom. The quantitative estimate of drug-likeness (QED) is 0.746. The maximum absolute atomic E-state index is 12.6. The number of piperazine rings is 1. The maximum atomic E-state index is 12.6. The van der Waals surface area contributed by atoms with Crippen molar-refractivity contribution in [2.24, 2.45) is 0 Å². The van der Waals surface area contributed by atoms with Crippen molar-refractivity contribution in [3.8, 4) is 0 Å². The van der Waals surface area contributed by atoms with E-state index in [0.717, 1.165) is 11.3 Å². The molecule has 1 N–H and O–H groups in total. The summed E-state index contributed by atoms with van der Waals surface area (Å²) in [7, 11) is -2.18. The highest BCUT2D eigenvalue weighted by Crippen LogP contribution is 2.28. The van der Waals surface area contributed by atoms with Crippen molar-refractivity contribution >= 4 is 38.9 Å². The van der Waals surface area contributed by atoms with Crippen LogP contribution >= 0.6 is 22.9 Å². The number of rotatable bonds is 5. The normalized spacial score (nSPS) is 16.9. The number of methoxy groups -OCH3 is 1. The Morgan fingerprint density at radius 2 is 2.04 bits per heavy atom. The van der Waals surface area contributed by atoms with Crippen molar-refractivity contribution in [3.63, 3.8) is 0 Å². The molecule has 0 saturated carbocycles. The average molecular weight is 406 g/mol. The van der Waals surface area contributed by atoms with Crippen molar-refractivity contribution in [2.45, 2.75) is 10.8 Å². The van der Waals surface area contributed by atoms with Gasteiger partial charge in [-0.3, -0.25) is 0 Å². The van der Waals surface area contributed by atoms with Crippen molar-refractivity contribution < 1.29 is 27.3 Å². The molecule has 25 heavy (non-hydrogen) atoms. The molecule has 0 amide bonds. The molecular weight excluding hydrogens is 388 g/mol. The van der Waals surface area contributed by atoms with E-state index in [9.17, 15) is 13.2 Å². The van der Waals surface area contributed by atoms with Crippen molar-refractivity contribution in [2.75, 3.05) is 33.3 Å². The van der Waals surface area contributed by atoms with Crippen LogP contribution in [-0.2, 0) is 21.3 Å². The average Bonchev–Trinajstić information content (AvgIpc) is 3.24. The second kappa shape index (κ2) is 7.46. The second-order valence-electron chi connectivity index (χ2n) is 5.65. The van der Waals surface area contributed by atoms with Crippen LogP contribution in [0.3, 0.4) is 0 Å². The van der Waals surface area contributed by atoms with E-state index in [1.807, 2.05) is 0 Å². The third-order valence-corrected chi connectivity index (χ3v) is 7.64. The number of quaternary nitrogens is 1. The van der Waals surface area contributed by atoms with Crippen molar-refractivity contribution in [1.82, 2.24) is 4.31 Å². The number of nitrogens with zero attached hydrogens (tertiary/aromatic N) is 1. The number of nitrogens with one attached hydrogen (secondary N) is 1. The number of ether oxygens (including phenoxy) is 1. The Morgan fingerprint density at radius 3 is 2.64 bits per heavy atom. The van der Waals surface area contributed by atoms with Gasteiger partial charge in [0.25, 0.3) is 10.0 Å². The summed E-state index contributed by atoms with van der Waals surface area (Å²) < 4.78 is 37.4. The number of hydrogen-bond donors (Lipinski definition) is 1. The van der Waals surface area contributed by atoms with Gasteiger partial charge in [-0.15, -0.1) is 11.3 Å². The Labute approximate surface area is 154 Å². The van der Waals surface area contributed by atoms with Crippen LogP contribution in [0.2, 0.25) is 4.34 Å². The van der Waals surface area contributed by atoms with Crippen LogP contribution in [0.1, 0.15) is 16.3 Å². The molecule has 0 radical (unpaired) electrons. The first-order chi connectivity index (χ1) is 11.9. The fraction of sp³-hybridized carbons (Fsp3) is 0.400. The van der Waals surface area contributed by atoms with E-state index < -0.39 is 16.0 Å². The van der Waals surface area contributed by atoms with Gasteiger partial charge in [0, 0.05) is 0 Å². The van der Waals surface area contributed by atoms with Gasteiger partial charge in [0.15, 0.2) is 5.76 Å². The molecule has 0 bridgehead atoms. The van der Waals surface area contributed by atoms with Crippen LogP contribution in [0.15, 0.2) is 32.9 Å². The monoisotopic (exact) mass is 405 g/mol. The van der Waals surface area contributed by atoms with Gasteiger partial charge in [-0.25, -0.2) is 13.2 Å². The van der Waals surface area contributed by atoms with Crippen LogP contribution in [0, 0.1) is 0 Å². The first-order valence-electron chi connectivity index (χ1n) is 7.66. The maximum Gasteiger partial charge on any atom is 0.373 e. The molecule has 3 heterocycles. The fourth-order valence-corrected chi connectivity index (χ4v) is 5.79. The number of carbonyl (C=O) groups excluding carboxylic acids is 1. The largest absolute Gasteiger partial charge is 0.463 e. The predicted molar refractivity (Wildman–Crippen MR) is 92.5 cm³/mol. The highest BCUT2D eigenvalue weighted by molar-refractivity contribution is 7.91. The molecule has 7 nitrogen and oxygen atoms in total. The standard InChI is InChI=1S/C15H17ClN2O5S2/c1-22-15(19)12-3-2-11(23-12)10-17-6-8-18(9-7-17)25(20,21)14-5-4-13(16)24-14/h2-5H,6-10H2,1H3/p+1. The van der Waals surface area contributed by atoms with E-state index in [1.165, 1.54) is 16.3 Å². The SMILES string of the molecule is COC(=O)c1ccc(C[NH+]2CCN(S(=O)(=O)c3ccc(Cl)s3)CC2)o1. The molecule has 1 fully saturated rings. The minimum Gasteiger partial charge on any atom is -0.463 e. The molecule has 0 atom stereocenters. The van der Waals surface area contributed by atoms with E-state index in [0.29, 0.717) is 42.8 Å². The first kappa shape index (κ1) is 18.4. The van der Waals surface area contributed by atoms with Crippen LogP contribution < -0.4 is 4.90 Å². The number of thiophene rings is 1. The van der Waals surface area contributed by atoms with E-state index in [1.54, 1.807) is 24.3 Å². The number of halogens is 1. The molecule has 1 aliphatic rings. The molecule has 1 aliphatic heterocycles. The molecule has 136 valence electrons. The van der Waals surface area contributed by atoms with Gasteiger partial charge < -0.3 is 14.1 Å². The van der Waals surface area contributed by atoms with Gasteiger partial charge in [-0.1, -0.05) is 11.6 Å². The predicted octanol–water partition coefficient (Wildman–Crippen LogP) is 0.871. The molecule has 3 rings (SSSR count). The second-order valence-corrected chi connectivity index (χ2v) is 9.53. The van der Waals surface area contributed by atoms with Gasteiger partial charge in [0.2, 0.25) is 5.76 Å². The van der Waals surface area contributed by atoms with E-state index in [2.05, 4.69) is 4.74 Å². The van der Waals surface area contributed by atoms with Crippen LogP contribution in [0.4, 0.5) is 0 Å². The first-order valence-corrected chi connectivity index (χ1v) is 10.3. The van der Waals surface area contributed by atoms with Crippen molar-refractivity contribution in [1.29, 1.82) is 0 Å². The van der Waals surface area contributed by atoms with Gasteiger partial charge in [0.05, 0.1) is 37.6 Å². The molecule has 0 spiro atoms. The van der Waals surface area contributed by atoms with Crippen LogP contribution in [-0.4, -0.2) is 52.0 Å². The summed E-state index contributed by atoms with van der Waals surface area (Å²) in [4.78, 5) is 12.6. The molecular formula is C15H18ClN2O5S2+. The topological polar surface area (TPSA) is 81.3 Å². The summed E-state index contributed by atoms with van der Waals surface area (Å²) in [5.74, 6) is 0.344. The zero-order valence-electron chi connectivity index (χ0n) is 13.5. The molecule has 0 unspecified atom stereocenters. The van der Waals surface area contributed by atoms with Gasteiger partial charge in [-0.05, 0) is 24.3 Å². The lowest BCUT2D eigenvalue weighted by Crippen LogP contribution is -3.13. The van der Waals surface area contributed by atoms with E-state index in [4.69, 9.17) is 16.0 Å². The van der Waals surface area contributed by atoms with E-state index in [-0.39, 0.29) is 9.97 Å². The Balaban J connectivity index is 1.58. The lowest BCUT2D eigenvalue weighted by molar-refractivity contribution is -0.918. The number of carbonyl (C=O) groups is 1. The fourth-order valence-electron chi connectivity index (χ4n) is 2.71. The van der Waals surface area contributed by atoms with Gasteiger partial charge in [0.1, 0.15) is 10.8 Å². The van der Waals surface area contributed by atoms with E-state index >= 15 is 0 Å².